The number of nitrogens with one attached hydrogen (secondary N) is 2. The Morgan fingerprint density at radius 2 is 2.10 bits per heavy atom. The Labute approximate surface area is 132 Å². The molecule has 3 N–H and O–H groups in total. The second kappa shape index (κ2) is 8.63. The normalized spacial score (nSPS) is 10.5. The van der Waals surface area contributed by atoms with Crippen molar-refractivity contribution < 1.29 is 19.4 Å². The molecular weight excluding hydrogens is 340 g/mol. The molecule has 1 aromatic rings. The van der Waals surface area contributed by atoms with E-state index in [1.807, 2.05) is 13.8 Å². The number of urea groups is 1. The van der Waals surface area contributed by atoms with Gasteiger partial charge in [0.2, 0.25) is 0 Å². The van der Waals surface area contributed by atoms with Gasteiger partial charge in [-0.25, -0.2) is 9.59 Å². The molecule has 0 saturated carbocycles. The molecule has 0 spiro atoms. The molecule has 0 aliphatic carbocycles. The third-order valence-electron chi connectivity index (χ3n) is 2.44. The minimum atomic E-state index is -1.10. The zero-order valence-electron chi connectivity index (χ0n) is 12.0. The zero-order valence-corrected chi connectivity index (χ0v) is 13.6. The quantitative estimate of drug-likeness (QED) is 0.654. The molecule has 0 heterocycles. The largest absolute Gasteiger partial charge is 0.478 e. The smallest absolute Gasteiger partial charge is 0.337 e. The highest BCUT2D eigenvalue weighted by atomic mass is 79.9. The summed E-state index contributed by atoms with van der Waals surface area (Å²) >= 11 is 3.19. The first-order valence-corrected chi connectivity index (χ1v) is 7.35. The number of ether oxygens (including phenoxy) is 1. The molecule has 116 valence electrons. The summed E-state index contributed by atoms with van der Waals surface area (Å²) in [4.78, 5) is 22.8. The maximum absolute atomic E-state index is 11.7. The SMILES string of the molecule is CC(C)COCCNC(=O)Nc1ccc(Br)cc1C(=O)O. The molecule has 21 heavy (non-hydrogen) atoms. The van der Waals surface area contributed by atoms with Gasteiger partial charge in [-0.1, -0.05) is 29.8 Å². The number of hydrogen-bond donors (Lipinski definition) is 3. The summed E-state index contributed by atoms with van der Waals surface area (Å²) in [5.41, 5.74) is 0.266. The number of hydrogen-bond acceptors (Lipinski definition) is 3. The van der Waals surface area contributed by atoms with Gasteiger partial charge in [-0.3, -0.25) is 0 Å². The van der Waals surface area contributed by atoms with Crippen molar-refractivity contribution in [3.05, 3.63) is 28.2 Å². The van der Waals surface area contributed by atoms with Crippen molar-refractivity contribution in [1.82, 2.24) is 5.32 Å². The molecule has 1 rings (SSSR count). The summed E-state index contributed by atoms with van der Waals surface area (Å²) in [5.74, 6) is -0.661. The fourth-order valence-corrected chi connectivity index (χ4v) is 1.89. The van der Waals surface area contributed by atoms with Gasteiger partial charge in [-0.2, -0.15) is 0 Å². The number of carboxylic acid groups (broad SMARTS) is 1. The molecule has 0 radical (unpaired) electrons. The van der Waals surface area contributed by atoms with Crippen LogP contribution in [0.1, 0.15) is 24.2 Å². The lowest BCUT2D eigenvalue weighted by Gasteiger charge is -2.11. The van der Waals surface area contributed by atoms with E-state index in [1.165, 1.54) is 12.1 Å². The van der Waals surface area contributed by atoms with Gasteiger partial charge in [0.1, 0.15) is 0 Å². The number of carboxylic acids is 1. The van der Waals surface area contributed by atoms with Crippen molar-refractivity contribution in [3.63, 3.8) is 0 Å². The lowest BCUT2D eigenvalue weighted by atomic mass is 10.2. The zero-order chi connectivity index (χ0) is 15.8. The Morgan fingerprint density at radius 1 is 1.38 bits per heavy atom. The van der Waals surface area contributed by atoms with Gasteiger partial charge in [0.05, 0.1) is 17.9 Å². The molecule has 0 saturated heterocycles. The van der Waals surface area contributed by atoms with Gasteiger partial charge in [-0.15, -0.1) is 0 Å². The molecule has 0 bridgehead atoms. The van der Waals surface area contributed by atoms with Crippen molar-refractivity contribution in [1.29, 1.82) is 0 Å². The van der Waals surface area contributed by atoms with E-state index in [0.29, 0.717) is 30.1 Å². The predicted molar refractivity (Wildman–Crippen MR) is 83.8 cm³/mol. The summed E-state index contributed by atoms with van der Waals surface area (Å²) < 4.78 is 5.96. The topological polar surface area (TPSA) is 87.7 Å². The van der Waals surface area contributed by atoms with Crippen molar-refractivity contribution in [2.24, 2.45) is 5.92 Å². The number of benzene rings is 1. The van der Waals surface area contributed by atoms with Crippen molar-refractivity contribution in [2.45, 2.75) is 13.8 Å². The Balaban J connectivity index is 2.46. The van der Waals surface area contributed by atoms with Crippen LogP contribution in [0.15, 0.2) is 22.7 Å². The second-order valence-corrected chi connectivity index (χ2v) is 5.76. The molecule has 0 unspecified atom stereocenters. The van der Waals surface area contributed by atoms with E-state index in [1.54, 1.807) is 6.07 Å². The first-order chi connectivity index (χ1) is 9.90. The highest BCUT2D eigenvalue weighted by Crippen LogP contribution is 2.21. The Morgan fingerprint density at radius 3 is 2.71 bits per heavy atom. The van der Waals surface area contributed by atoms with Crippen LogP contribution in [-0.2, 0) is 4.74 Å². The van der Waals surface area contributed by atoms with Crippen LogP contribution in [0.3, 0.4) is 0 Å². The van der Waals surface area contributed by atoms with Crippen LogP contribution >= 0.6 is 15.9 Å². The molecule has 1 aromatic carbocycles. The Hall–Kier alpha value is -1.60. The molecule has 2 amide bonds. The summed E-state index contributed by atoms with van der Waals surface area (Å²) in [6, 6.07) is 4.16. The molecular formula is C14H19BrN2O4. The van der Waals surface area contributed by atoms with Gasteiger partial charge in [0, 0.05) is 17.6 Å². The third-order valence-corrected chi connectivity index (χ3v) is 2.94. The van der Waals surface area contributed by atoms with E-state index < -0.39 is 12.0 Å². The number of amides is 2. The fraction of sp³-hybridized carbons (Fsp3) is 0.429. The highest BCUT2D eigenvalue weighted by molar-refractivity contribution is 9.10. The maximum atomic E-state index is 11.7. The number of rotatable bonds is 7. The highest BCUT2D eigenvalue weighted by Gasteiger charge is 2.12. The van der Waals surface area contributed by atoms with Crippen LogP contribution in [0.2, 0.25) is 0 Å². The number of aromatic carboxylic acids is 1. The Kier molecular flexibility index (Phi) is 7.18. The third kappa shape index (κ3) is 6.59. The number of halogens is 1. The Bertz CT molecular complexity index is 506. The lowest BCUT2D eigenvalue weighted by Crippen LogP contribution is -2.32. The standard InChI is InChI=1S/C14H19BrN2O4/c1-9(2)8-21-6-5-16-14(20)17-12-4-3-10(15)7-11(12)13(18)19/h3-4,7,9H,5-6,8H2,1-2H3,(H,18,19)(H2,16,17,20). The summed E-state index contributed by atoms with van der Waals surface area (Å²) in [5, 5.41) is 14.2. The number of anilines is 1. The number of carbonyl (C=O) groups excluding carboxylic acids is 1. The fourth-order valence-electron chi connectivity index (χ4n) is 1.52. The molecule has 0 atom stereocenters. The van der Waals surface area contributed by atoms with E-state index in [-0.39, 0.29) is 11.3 Å². The van der Waals surface area contributed by atoms with Crippen LogP contribution in [0, 0.1) is 5.92 Å². The first-order valence-electron chi connectivity index (χ1n) is 6.55. The average molecular weight is 359 g/mol. The molecule has 7 heteroatoms. The molecule has 0 aliphatic heterocycles. The van der Waals surface area contributed by atoms with Gasteiger partial charge in [0.15, 0.2) is 0 Å². The van der Waals surface area contributed by atoms with Gasteiger partial charge in [-0.05, 0) is 24.1 Å². The monoisotopic (exact) mass is 358 g/mol. The first kappa shape index (κ1) is 17.5. The van der Waals surface area contributed by atoms with Gasteiger partial charge >= 0.3 is 12.0 Å². The van der Waals surface area contributed by atoms with Crippen LogP contribution in [0.4, 0.5) is 10.5 Å². The van der Waals surface area contributed by atoms with Crippen molar-refractivity contribution >= 4 is 33.6 Å². The maximum Gasteiger partial charge on any atom is 0.337 e. The van der Waals surface area contributed by atoms with E-state index in [0.717, 1.165) is 0 Å². The van der Waals surface area contributed by atoms with E-state index >= 15 is 0 Å². The average Bonchev–Trinajstić information content (AvgIpc) is 2.39. The van der Waals surface area contributed by atoms with Crippen LogP contribution < -0.4 is 10.6 Å². The molecule has 0 aromatic heterocycles. The summed E-state index contributed by atoms with van der Waals surface area (Å²) in [6.45, 7) is 5.50. The van der Waals surface area contributed by atoms with Gasteiger partial charge < -0.3 is 20.5 Å². The lowest BCUT2D eigenvalue weighted by molar-refractivity contribution is 0.0698. The summed E-state index contributed by atoms with van der Waals surface area (Å²) in [6.07, 6.45) is 0. The molecule has 0 aliphatic rings. The van der Waals surface area contributed by atoms with Crippen LogP contribution in [0.5, 0.6) is 0 Å². The minimum absolute atomic E-state index is 0.0237. The summed E-state index contributed by atoms with van der Waals surface area (Å²) in [7, 11) is 0. The molecule has 6 nitrogen and oxygen atoms in total. The minimum Gasteiger partial charge on any atom is -0.478 e. The van der Waals surface area contributed by atoms with E-state index in [2.05, 4.69) is 26.6 Å². The van der Waals surface area contributed by atoms with E-state index in [4.69, 9.17) is 9.84 Å². The van der Waals surface area contributed by atoms with Crippen molar-refractivity contribution in [3.8, 4) is 0 Å². The second-order valence-electron chi connectivity index (χ2n) is 4.84. The van der Waals surface area contributed by atoms with Gasteiger partial charge in [0.25, 0.3) is 0 Å². The van der Waals surface area contributed by atoms with Crippen LogP contribution in [-0.4, -0.2) is 36.9 Å². The van der Waals surface area contributed by atoms with Crippen molar-refractivity contribution in [2.75, 3.05) is 25.1 Å². The number of carbonyl (C=O) groups is 2. The van der Waals surface area contributed by atoms with Crippen LogP contribution in [0.25, 0.3) is 0 Å². The van der Waals surface area contributed by atoms with E-state index in [9.17, 15) is 9.59 Å². The predicted octanol–water partition coefficient (Wildman–Crippen LogP) is 2.94. The molecule has 0 fully saturated rings.